The first kappa shape index (κ1) is 38.1. The van der Waals surface area contributed by atoms with E-state index in [1.54, 1.807) is 19.5 Å². The molecular formula is C42H52N12O4. The molecule has 0 atom stereocenters. The predicted molar refractivity (Wildman–Crippen MR) is 225 cm³/mol. The van der Waals surface area contributed by atoms with Crippen molar-refractivity contribution in [2.24, 2.45) is 5.92 Å². The molecule has 0 bridgehead atoms. The molecule has 10 rings (SSSR count). The summed E-state index contributed by atoms with van der Waals surface area (Å²) in [5.74, 6) is 2.35. The van der Waals surface area contributed by atoms with E-state index in [1.807, 2.05) is 24.5 Å². The molecule has 0 aliphatic carbocycles. The van der Waals surface area contributed by atoms with Crippen molar-refractivity contribution in [1.82, 2.24) is 40.3 Å². The molecule has 58 heavy (non-hydrogen) atoms. The fraction of sp³-hybridized carbons (Fsp3) is 0.476. The standard InChI is InChI=1S/2C21H26N6O2/c1-28-15-4-8-26(9-5-15)18-14-19(27-10-12-29-13-11-27)24-20-16(18)2-6-22-21(20)17-3-7-23-25-17;28-14-15-3-7-26(8-4-15)18-13-19(27-9-11-29-12-10-27)24-20-16(18)1-5-22-21(20)17-2-6-23-25-17/h2-3,6-7,14-15H,4-5,8-13H2,1H3,(H,23,25);1-2,5-6,13,15,28H,3-4,7-12,14H2,(H,23,25). The summed E-state index contributed by atoms with van der Waals surface area (Å²) in [7, 11) is 1.81. The summed E-state index contributed by atoms with van der Waals surface area (Å²) in [6, 6.07) is 12.4. The average molecular weight is 789 g/mol. The number of methoxy groups -OCH3 is 1. The summed E-state index contributed by atoms with van der Waals surface area (Å²) in [6.07, 6.45) is 11.6. The topological polar surface area (TPSA) is 170 Å². The number of nitrogens with zero attached hydrogens (tertiary/aromatic N) is 10. The van der Waals surface area contributed by atoms with Crippen molar-refractivity contribution in [2.45, 2.75) is 31.8 Å². The van der Waals surface area contributed by atoms with E-state index < -0.39 is 0 Å². The molecule has 10 heterocycles. The van der Waals surface area contributed by atoms with Crippen molar-refractivity contribution in [3.8, 4) is 22.8 Å². The van der Waals surface area contributed by atoms with Crippen LogP contribution in [0.4, 0.5) is 23.0 Å². The van der Waals surface area contributed by atoms with Crippen molar-refractivity contribution >= 4 is 44.8 Å². The first-order valence-corrected chi connectivity index (χ1v) is 20.5. The Kier molecular flexibility index (Phi) is 11.6. The van der Waals surface area contributed by atoms with Crippen molar-refractivity contribution in [3.63, 3.8) is 0 Å². The monoisotopic (exact) mass is 788 g/mol. The highest BCUT2D eigenvalue weighted by Gasteiger charge is 2.26. The van der Waals surface area contributed by atoms with Gasteiger partial charge in [0.05, 0.1) is 43.9 Å². The highest BCUT2D eigenvalue weighted by Crippen LogP contribution is 2.37. The third-order valence-corrected chi connectivity index (χ3v) is 11.9. The first-order valence-electron chi connectivity index (χ1n) is 20.5. The number of fused-ring (bicyclic) bond motifs is 2. The molecule has 4 aliphatic heterocycles. The lowest BCUT2D eigenvalue weighted by molar-refractivity contribution is 0.0819. The molecule has 304 valence electrons. The highest BCUT2D eigenvalue weighted by atomic mass is 16.5. The van der Waals surface area contributed by atoms with E-state index in [4.69, 9.17) is 24.2 Å². The van der Waals surface area contributed by atoms with Crippen LogP contribution in [0.5, 0.6) is 0 Å². The summed E-state index contributed by atoms with van der Waals surface area (Å²) in [5.41, 5.74) is 7.61. The van der Waals surface area contributed by atoms with Crippen LogP contribution in [0, 0.1) is 5.92 Å². The number of hydrogen-bond donors (Lipinski definition) is 3. The van der Waals surface area contributed by atoms with Gasteiger partial charge in [-0.1, -0.05) is 0 Å². The number of hydrogen-bond acceptors (Lipinski definition) is 14. The Labute approximate surface area is 337 Å². The molecule has 3 N–H and O–H groups in total. The average Bonchev–Trinajstić information content (AvgIpc) is 4.05. The number of aliphatic hydroxyl groups is 1. The van der Waals surface area contributed by atoms with Gasteiger partial charge in [0.2, 0.25) is 0 Å². The number of morpholine rings is 2. The first-order chi connectivity index (χ1) is 28.7. The van der Waals surface area contributed by atoms with E-state index in [1.165, 1.54) is 11.4 Å². The number of rotatable bonds is 8. The minimum Gasteiger partial charge on any atom is -0.396 e. The molecule has 4 fully saturated rings. The fourth-order valence-corrected chi connectivity index (χ4v) is 8.53. The molecule has 6 aromatic heterocycles. The van der Waals surface area contributed by atoms with Crippen LogP contribution in [-0.2, 0) is 14.2 Å². The van der Waals surface area contributed by atoms with Gasteiger partial charge in [-0.05, 0) is 55.9 Å². The van der Waals surface area contributed by atoms with E-state index in [2.05, 4.69) is 74.2 Å². The molecule has 0 radical (unpaired) electrons. The number of aromatic amines is 2. The van der Waals surface area contributed by atoms with Crippen LogP contribution in [0.25, 0.3) is 44.6 Å². The molecule has 4 saturated heterocycles. The van der Waals surface area contributed by atoms with Gasteiger partial charge in [-0.2, -0.15) is 10.2 Å². The van der Waals surface area contributed by atoms with Crippen molar-refractivity contribution in [2.75, 3.05) is 112 Å². The van der Waals surface area contributed by atoms with E-state index in [-0.39, 0.29) is 6.61 Å². The maximum absolute atomic E-state index is 9.51. The second kappa shape index (κ2) is 17.6. The Morgan fingerprint density at radius 2 is 1.09 bits per heavy atom. The van der Waals surface area contributed by atoms with Crippen LogP contribution in [0.15, 0.2) is 61.2 Å². The summed E-state index contributed by atoms with van der Waals surface area (Å²) >= 11 is 0. The third kappa shape index (κ3) is 8.01. The van der Waals surface area contributed by atoms with Gasteiger partial charge in [-0.15, -0.1) is 0 Å². The maximum atomic E-state index is 9.51. The molecule has 4 aliphatic rings. The van der Waals surface area contributed by atoms with Gasteiger partial charge < -0.3 is 38.9 Å². The molecule has 6 aromatic rings. The zero-order chi connectivity index (χ0) is 39.3. The minimum atomic E-state index is 0.276. The van der Waals surface area contributed by atoms with E-state index >= 15 is 0 Å². The third-order valence-electron chi connectivity index (χ3n) is 11.9. The van der Waals surface area contributed by atoms with Crippen LogP contribution in [-0.4, -0.2) is 144 Å². The zero-order valence-corrected chi connectivity index (χ0v) is 33.1. The zero-order valence-electron chi connectivity index (χ0n) is 33.1. The van der Waals surface area contributed by atoms with Crippen LogP contribution >= 0.6 is 0 Å². The number of anilines is 4. The van der Waals surface area contributed by atoms with E-state index in [0.717, 1.165) is 161 Å². The minimum absolute atomic E-state index is 0.276. The maximum Gasteiger partial charge on any atom is 0.131 e. The molecule has 0 spiro atoms. The Morgan fingerprint density at radius 1 is 0.621 bits per heavy atom. The predicted octanol–water partition coefficient (Wildman–Crippen LogP) is 4.54. The van der Waals surface area contributed by atoms with Gasteiger partial charge in [-0.3, -0.25) is 20.2 Å². The van der Waals surface area contributed by atoms with Crippen molar-refractivity contribution in [1.29, 1.82) is 0 Å². The highest BCUT2D eigenvalue weighted by molar-refractivity contribution is 6.01. The number of H-pyrrole nitrogens is 2. The van der Waals surface area contributed by atoms with Gasteiger partial charge in [0, 0.05) is 125 Å². The summed E-state index contributed by atoms with van der Waals surface area (Å²) in [4.78, 5) is 28.8. The fourth-order valence-electron chi connectivity index (χ4n) is 8.53. The van der Waals surface area contributed by atoms with Crippen LogP contribution in [0.3, 0.4) is 0 Å². The van der Waals surface area contributed by atoms with Gasteiger partial charge >= 0.3 is 0 Å². The lowest BCUT2D eigenvalue weighted by Gasteiger charge is -2.35. The van der Waals surface area contributed by atoms with E-state index in [0.29, 0.717) is 12.0 Å². The summed E-state index contributed by atoms with van der Waals surface area (Å²) in [6.45, 7) is 10.4. The Morgan fingerprint density at radius 3 is 1.50 bits per heavy atom. The molecule has 0 unspecified atom stereocenters. The van der Waals surface area contributed by atoms with Gasteiger partial charge in [0.25, 0.3) is 0 Å². The molecule has 0 amide bonds. The Balaban J connectivity index is 0.000000150. The summed E-state index contributed by atoms with van der Waals surface area (Å²) < 4.78 is 16.6. The number of piperidine rings is 2. The van der Waals surface area contributed by atoms with Crippen molar-refractivity contribution < 1.29 is 19.3 Å². The van der Waals surface area contributed by atoms with Crippen LogP contribution < -0.4 is 19.6 Å². The number of aliphatic hydroxyl groups excluding tert-OH is 1. The normalized spacial score (nSPS) is 18.5. The Hall–Kier alpha value is -5.42. The van der Waals surface area contributed by atoms with Crippen LogP contribution in [0.2, 0.25) is 0 Å². The second-order valence-corrected chi connectivity index (χ2v) is 15.3. The SMILES string of the molecule is COC1CCN(c2cc(N3CCOCC3)nc3c(-c4ccn[nH]4)nccc23)CC1.OCC1CCN(c2cc(N3CCOCC3)nc3c(-c4ccn[nH]4)nccc23)CC1. The smallest absolute Gasteiger partial charge is 0.131 e. The number of ether oxygens (including phenoxy) is 3. The number of pyridine rings is 4. The van der Waals surface area contributed by atoms with Gasteiger partial charge in [0.1, 0.15) is 34.1 Å². The lowest BCUT2D eigenvalue weighted by atomic mass is 9.97. The lowest BCUT2D eigenvalue weighted by Crippen LogP contribution is -2.38. The van der Waals surface area contributed by atoms with E-state index in [9.17, 15) is 5.11 Å². The quantitative estimate of drug-likeness (QED) is 0.197. The summed E-state index contributed by atoms with van der Waals surface area (Å²) in [5, 5.41) is 26.0. The van der Waals surface area contributed by atoms with Gasteiger partial charge in [-0.25, -0.2) is 9.97 Å². The largest absolute Gasteiger partial charge is 0.396 e. The Bertz CT molecular complexity index is 2080. The second-order valence-electron chi connectivity index (χ2n) is 15.3. The van der Waals surface area contributed by atoms with Crippen LogP contribution in [0.1, 0.15) is 25.7 Å². The number of aromatic nitrogens is 8. The molecule has 0 saturated carbocycles. The molecule has 16 nitrogen and oxygen atoms in total. The molecule has 0 aromatic carbocycles. The molecule has 16 heteroatoms. The van der Waals surface area contributed by atoms with Gasteiger partial charge in [0.15, 0.2) is 0 Å². The van der Waals surface area contributed by atoms with Crippen molar-refractivity contribution in [3.05, 3.63) is 61.2 Å². The molecular weight excluding hydrogens is 737 g/mol. The number of nitrogens with one attached hydrogen (secondary N) is 2.